The fraction of sp³-hybridized carbons (Fsp3) is 0.381. The number of benzene rings is 8. The molecule has 0 fully saturated rings. The molecule has 8 aromatic rings. The van der Waals surface area contributed by atoms with Crippen molar-refractivity contribution >= 4 is 58.4 Å². The monoisotopic (exact) mass is 1270 g/mol. The van der Waals surface area contributed by atoms with Crippen LogP contribution >= 0.6 is 0 Å². The third kappa shape index (κ3) is 19.7. The molecule has 0 saturated carbocycles. The molecule has 4 aliphatic rings. The summed E-state index contributed by atoms with van der Waals surface area (Å²) in [5.74, 6) is 6.38. The predicted octanol–water partition coefficient (Wildman–Crippen LogP) is 22.7. The molecule has 0 aromatic heterocycles. The fourth-order valence-corrected chi connectivity index (χ4v) is 12.1. The lowest BCUT2D eigenvalue weighted by atomic mass is 9.90. The van der Waals surface area contributed by atoms with E-state index < -0.39 is 0 Å². The molecule has 10 nitrogen and oxygen atoms in total. The SMILES string of the molecule is CCCCCCOc1cc(N(c2ccc(OC)cc2)c2ccc(OC)cc2)c(OCCCCCC)cc1/C=C/c1cc2ccc1CCc1ccc(c(/C=C/c3cc(OCCCCCC)c(N(c4ccc(OC)cc4)c4ccc(OC)cc4)cc3OCCCCCC)c1)CC2. The summed E-state index contributed by atoms with van der Waals surface area (Å²) in [5.41, 5.74) is 15.3. The van der Waals surface area contributed by atoms with E-state index >= 15 is 0 Å². The van der Waals surface area contributed by atoms with Crippen LogP contribution in [0.15, 0.2) is 158 Å². The summed E-state index contributed by atoms with van der Waals surface area (Å²) < 4.78 is 50.2. The minimum absolute atomic E-state index is 0.602. The highest BCUT2D eigenvalue weighted by atomic mass is 16.5. The maximum absolute atomic E-state index is 6.93. The van der Waals surface area contributed by atoms with Crippen LogP contribution in [0.3, 0.4) is 0 Å². The summed E-state index contributed by atoms with van der Waals surface area (Å²) in [6.45, 7) is 11.4. The molecule has 10 heteroatoms. The van der Waals surface area contributed by atoms with Crippen molar-refractivity contribution in [3.05, 3.63) is 202 Å². The number of aryl methyl sites for hydroxylation is 4. The van der Waals surface area contributed by atoms with Crippen LogP contribution in [-0.4, -0.2) is 54.9 Å². The highest BCUT2D eigenvalue weighted by Gasteiger charge is 2.24. The largest absolute Gasteiger partial charge is 0.497 e. The highest BCUT2D eigenvalue weighted by Crippen LogP contribution is 2.47. The lowest BCUT2D eigenvalue weighted by Gasteiger charge is -2.29. The van der Waals surface area contributed by atoms with Crippen LogP contribution in [0.4, 0.5) is 34.1 Å². The van der Waals surface area contributed by atoms with Crippen molar-refractivity contribution in [2.45, 2.75) is 156 Å². The number of hydrogen-bond acceptors (Lipinski definition) is 10. The number of unbranched alkanes of at least 4 members (excludes halogenated alkanes) is 12. The maximum Gasteiger partial charge on any atom is 0.144 e. The van der Waals surface area contributed by atoms with Gasteiger partial charge in [-0.05, 0) is 194 Å². The average Bonchev–Trinajstić information content (AvgIpc) is 0.877. The summed E-state index contributed by atoms with van der Waals surface area (Å²) in [5, 5.41) is 0. The zero-order valence-corrected chi connectivity index (χ0v) is 57.5. The number of nitrogens with zero attached hydrogens (tertiary/aromatic N) is 2. The molecule has 12 rings (SSSR count). The minimum atomic E-state index is 0.602. The van der Waals surface area contributed by atoms with Gasteiger partial charge in [-0.1, -0.05) is 165 Å². The summed E-state index contributed by atoms with van der Waals surface area (Å²) in [4.78, 5) is 4.50. The van der Waals surface area contributed by atoms with Gasteiger partial charge in [-0.2, -0.15) is 0 Å². The first-order valence-corrected chi connectivity index (χ1v) is 34.9. The minimum Gasteiger partial charge on any atom is -0.497 e. The molecule has 4 bridgehead atoms. The van der Waals surface area contributed by atoms with Crippen LogP contribution in [0.1, 0.15) is 175 Å². The molecule has 4 aliphatic carbocycles. The van der Waals surface area contributed by atoms with Gasteiger partial charge in [-0.25, -0.2) is 0 Å². The molecule has 0 spiro atoms. The summed E-state index contributed by atoms with van der Waals surface area (Å²) in [6.07, 6.45) is 30.3. The Balaban J connectivity index is 1.06. The molecule has 0 radical (unpaired) electrons. The normalized spacial score (nSPS) is 12.0. The van der Waals surface area contributed by atoms with Crippen molar-refractivity contribution in [3.8, 4) is 46.0 Å². The Hall–Kier alpha value is -8.76. The Kier molecular flexibility index (Phi) is 27.5. The van der Waals surface area contributed by atoms with Gasteiger partial charge in [0.2, 0.25) is 0 Å². The van der Waals surface area contributed by atoms with E-state index in [4.69, 9.17) is 37.9 Å². The first-order chi connectivity index (χ1) is 46.3. The van der Waals surface area contributed by atoms with Gasteiger partial charge in [0, 0.05) is 46.0 Å². The Morgan fingerprint density at radius 3 is 0.862 bits per heavy atom. The molecule has 0 saturated heterocycles. The molecule has 0 N–H and O–H groups in total. The number of rotatable bonds is 38. The molecule has 0 unspecified atom stereocenters. The van der Waals surface area contributed by atoms with Crippen molar-refractivity contribution in [1.82, 2.24) is 0 Å². The highest BCUT2D eigenvalue weighted by molar-refractivity contribution is 5.87. The fourth-order valence-electron chi connectivity index (χ4n) is 12.1. The topological polar surface area (TPSA) is 80.3 Å². The number of anilines is 6. The molecule has 0 amide bonds. The van der Waals surface area contributed by atoms with Crippen molar-refractivity contribution < 1.29 is 37.9 Å². The van der Waals surface area contributed by atoms with Gasteiger partial charge in [0.15, 0.2) is 0 Å². The molecule has 94 heavy (non-hydrogen) atoms. The zero-order chi connectivity index (χ0) is 65.7. The second kappa shape index (κ2) is 37.2. The van der Waals surface area contributed by atoms with E-state index in [0.717, 1.165) is 194 Å². The van der Waals surface area contributed by atoms with E-state index in [9.17, 15) is 0 Å². The van der Waals surface area contributed by atoms with Crippen LogP contribution in [0.2, 0.25) is 0 Å². The van der Waals surface area contributed by atoms with Gasteiger partial charge in [0.25, 0.3) is 0 Å². The van der Waals surface area contributed by atoms with Crippen LogP contribution in [-0.2, 0) is 25.7 Å². The number of hydrogen-bond donors (Lipinski definition) is 0. The van der Waals surface area contributed by atoms with Crippen LogP contribution in [0.25, 0.3) is 24.3 Å². The van der Waals surface area contributed by atoms with Gasteiger partial charge >= 0.3 is 0 Å². The number of ether oxygens (including phenoxy) is 8. The third-order valence-electron chi connectivity index (χ3n) is 17.7. The number of methoxy groups -OCH3 is 4. The second-order valence-electron chi connectivity index (χ2n) is 24.5. The molecule has 8 aromatic carbocycles. The third-order valence-corrected chi connectivity index (χ3v) is 17.7. The Morgan fingerprint density at radius 2 is 0.574 bits per heavy atom. The van der Waals surface area contributed by atoms with Crippen molar-refractivity contribution in [3.63, 3.8) is 0 Å². The standard InChI is InChI=1S/C84H102N2O8/c1-9-13-17-21-53-91-81-61-79(85(71-37-45-75(87-5)46-38-71)72-39-47-76(88-6)48-40-72)83(93-55-23-19-15-11-3)59-69(81)35-33-67-57-63-25-29-65(67)31-27-64-26-30-66(32-28-63)68(58-64)34-36-70-60-84(94-56-24-20-16-12-4)80(62-82(70)92-54-22-18-14-10-2)86(73-41-49-77(89-7)50-42-73)74-43-51-78(90-8)52-44-74/h25-26,29-30,33-52,57-62H,9-24,27-28,31-32,53-56H2,1-8H3/b35-33+,36-34+. The lowest BCUT2D eigenvalue weighted by molar-refractivity contribution is 0.297. The zero-order valence-electron chi connectivity index (χ0n) is 57.5. The summed E-state index contributed by atoms with van der Waals surface area (Å²) in [6, 6.07) is 55.8. The first-order valence-electron chi connectivity index (χ1n) is 34.9. The molecule has 0 atom stereocenters. The second-order valence-corrected chi connectivity index (χ2v) is 24.5. The van der Waals surface area contributed by atoms with E-state index in [1.54, 1.807) is 28.4 Å². The van der Waals surface area contributed by atoms with E-state index in [-0.39, 0.29) is 0 Å². The summed E-state index contributed by atoms with van der Waals surface area (Å²) >= 11 is 0. The van der Waals surface area contributed by atoms with Crippen LogP contribution < -0.4 is 47.7 Å². The first kappa shape index (κ1) is 69.6. The van der Waals surface area contributed by atoms with E-state index in [2.05, 4.69) is 171 Å². The smallest absolute Gasteiger partial charge is 0.144 e. The van der Waals surface area contributed by atoms with E-state index in [0.29, 0.717) is 26.4 Å². The van der Waals surface area contributed by atoms with Gasteiger partial charge in [-0.3, -0.25) is 0 Å². The van der Waals surface area contributed by atoms with Gasteiger partial charge in [-0.15, -0.1) is 0 Å². The van der Waals surface area contributed by atoms with Gasteiger partial charge < -0.3 is 47.7 Å². The molecule has 0 aliphatic heterocycles. The van der Waals surface area contributed by atoms with Crippen LogP contribution in [0.5, 0.6) is 46.0 Å². The Labute approximate surface area is 562 Å². The van der Waals surface area contributed by atoms with Gasteiger partial charge in [0.05, 0.1) is 66.2 Å². The Morgan fingerprint density at radius 1 is 0.287 bits per heavy atom. The average molecular weight is 1270 g/mol. The van der Waals surface area contributed by atoms with Crippen LogP contribution in [0, 0.1) is 0 Å². The van der Waals surface area contributed by atoms with E-state index in [1.807, 2.05) is 48.5 Å². The van der Waals surface area contributed by atoms with E-state index in [1.165, 1.54) is 59.1 Å². The predicted molar refractivity (Wildman–Crippen MR) is 393 cm³/mol. The Bertz CT molecular complexity index is 3300. The molecule has 496 valence electrons. The van der Waals surface area contributed by atoms with Crippen molar-refractivity contribution in [1.29, 1.82) is 0 Å². The quantitative estimate of drug-likeness (QED) is 0.0276. The maximum atomic E-state index is 6.93. The van der Waals surface area contributed by atoms with Crippen molar-refractivity contribution in [2.24, 2.45) is 0 Å². The molecular weight excluding hydrogens is 1160 g/mol. The van der Waals surface area contributed by atoms with Gasteiger partial charge in [0.1, 0.15) is 46.0 Å². The molecule has 0 heterocycles. The lowest BCUT2D eigenvalue weighted by Crippen LogP contribution is -2.13. The van der Waals surface area contributed by atoms with Crippen molar-refractivity contribution in [2.75, 3.05) is 64.7 Å². The summed E-state index contributed by atoms with van der Waals surface area (Å²) in [7, 11) is 6.81. The molecular formula is C84H102N2O8.